The van der Waals surface area contributed by atoms with Crippen molar-refractivity contribution in [1.82, 2.24) is 15.2 Å². The number of nitrogens with two attached hydrogens (primary N) is 2. The zero-order valence-corrected chi connectivity index (χ0v) is 17.0. The first-order valence-corrected chi connectivity index (χ1v) is 10.4. The molecule has 0 bridgehead atoms. The minimum atomic E-state index is -0.218. The molecule has 0 spiro atoms. The highest BCUT2D eigenvalue weighted by atomic mass is 32.2. The number of hydrogen-bond donors (Lipinski definition) is 3. The van der Waals surface area contributed by atoms with E-state index in [1.54, 1.807) is 11.8 Å². The van der Waals surface area contributed by atoms with E-state index in [1.807, 2.05) is 23.3 Å². The molecule has 0 amide bonds. The van der Waals surface area contributed by atoms with Crippen molar-refractivity contribution in [3.05, 3.63) is 65.4 Å². The predicted octanol–water partition coefficient (Wildman–Crippen LogP) is 3.21. The molecule has 0 aliphatic carbocycles. The number of fused-ring (bicyclic) bond motifs is 1. The summed E-state index contributed by atoms with van der Waals surface area (Å²) in [6.07, 6.45) is 2.62. The number of rotatable bonds is 6. The van der Waals surface area contributed by atoms with E-state index in [0.717, 1.165) is 27.9 Å². The van der Waals surface area contributed by atoms with Crippen molar-refractivity contribution < 1.29 is 0 Å². The van der Waals surface area contributed by atoms with Gasteiger partial charge in [-0.1, -0.05) is 55.9 Å². The smallest absolute Gasteiger partial charge is 0.147 e. The fourth-order valence-electron chi connectivity index (χ4n) is 3.36. The van der Waals surface area contributed by atoms with Crippen LogP contribution in [0, 0.1) is 0 Å². The van der Waals surface area contributed by atoms with Crippen LogP contribution < -0.4 is 11.5 Å². The summed E-state index contributed by atoms with van der Waals surface area (Å²) in [7, 11) is 0. The van der Waals surface area contributed by atoms with Gasteiger partial charge in [0.15, 0.2) is 0 Å². The van der Waals surface area contributed by atoms with Crippen LogP contribution in [0.25, 0.3) is 10.9 Å². The van der Waals surface area contributed by atoms with E-state index in [2.05, 4.69) is 54.4 Å². The Morgan fingerprint density at radius 3 is 2.71 bits per heavy atom. The minimum Gasteiger partial charge on any atom is -0.326 e. The molecule has 2 atom stereocenters. The molecule has 1 aliphatic rings. The molecular weight excluding hydrogens is 368 g/mol. The fraction of sp³-hybridized carbons (Fsp3) is 0.333. The normalized spacial score (nSPS) is 18.1. The molecule has 6 nitrogen and oxygen atoms in total. The van der Waals surface area contributed by atoms with Crippen LogP contribution in [0.3, 0.4) is 0 Å². The van der Waals surface area contributed by atoms with E-state index in [1.165, 1.54) is 11.1 Å². The highest BCUT2D eigenvalue weighted by molar-refractivity contribution is 8.15. The molecule has 0 radical (unpaired) electrons. The summed E-state index contributed by atoms with van der Waals surface area (Å²) < 4.78 is 0. The monoisotopic (exact) mass is 394 g/mol. The summed E-state index contributed by atoms with van der Waals surface area (Å²) in [5.74, 6) is 0.538. The largest absolute Gasteiger partial charge is 0.326 e. The first-order valence-electron chi connectivity index (χ1n) is 9.55. The van der Waals surface area contributed by atoms with Gasteiger partial charge in [0.1, 0.15) is 10.5 Å². The van der Waals surface area contributed by atoms with Gasteiger partial charge in [-0.15, -0.1) is 0 Å². The van der Waals surface area contributed by atoms with Crippen LogP contribution in [0.2, 0.25) is 0 Å². The molecule has 3 aromatic rings. The lowest BCUT2D eigenvalue weighted by Gasteiger charge is -2.22. The van der Waals surface area contributed by atoms with Crippen molar-refractivity contribution in [2.75, 3.05) is 6.54 Å². The number of thioether (sulfide) groups is 1. The highest BCUT2D eigenvalue weighted by Gasteiger charge is 2.26. The summed E-state index contributed by atoms with van der Waals surface area (Å²) >= 11 is 1.56. The van der Waals surface area contributed by atoms with Gasteiger partial charge in [-0.2, -0.15) is 10.2 Å². The molecule has 2 aromatic carbocycles. The van der Waals surface area contributed by atoms with Crippen molar-refractivity contribution in [1.29, 1.82) is 0 Å². The zero-order valence-electron chi connectivity index (χ0n) is 16.2. The van der Waals surface area contributed by atoms with Gasteiger partial charge >= 0.3 is 0 Å². The van der Waals surface area contributed by atoms with Crippen molar-refractivity contribution >= 4 is 27.7 Å². The number of nitrogens with one attached hydrogen (secondary N) is 1. The van der Waals surface area contributed by atoms with E-state index >= 15 is 0 Å². The summed E-state index contributed by atoms with van der Waals surface area (Å²) in [4.78, 5) is 0. The van der Waals surface area contributed by atoms with Crippen molar-refractivity contribution in [3.63, 3.8) is 0 Å². The van der Waals surface area contributed by atoms with E-state index in [0.29, 0.717) is 12.5 Å². The second-order valence-corrected chi connectivity index (χ2v) is 8.67. The first kappa shape index (κ1) is 19.0. The molecule has 1 aromatic heterocycles. The third-order valence-corrected chi connectivity index (χ3v) is 6.02. The Morgan fingerprint density at radius 2 is 1.96 bits per heavy atom. The van der Waals surface area contributed by atoms with Gasteiger partial charge in [-0.25, -0.2) is 0 Å². The van der Waals surface area contributed by atoms with Gasteiger partial charge < -0.3 is 11.5 Å². The Morgan fingerprint density at radius 1 is 1.18 bits per heavy atom. The summed E-state index contributed by atoms with van der Waals surface area (Å²) in [6.45, 7) is 5.03. The van der Waals surface area contributed by atoms with Gasteiger partial charge in [0.25, 0.3) is 0 Å². The van der Waals surface area contributed by atoms with Crippen LogP contribution in [-0.2, 0) is 6.42 Å². The van der Waals surface area contributed by atoms with Crippen molar-refractivity contribution in [2.24, 2.45) is 16.6 Å². The molecule has 5 N–H and O–H groups in total. The van der Waals surface area contributed by atoms with Crippen LogP contribution in [0.5, 0.6) is 0 Å². The molecule has 28 heavy (non-hydrogen) atoms. The Labute approximate surface area is 169 Å². The third-order valence-electron chi connectivity index (χ3n) is 5.00. The van der Waals surface area contributed by atoms with E-state index in [4.69, 9.17) is 16.6 Å². The number of aromatic amines is 1. The predicted molar refractivity (Wildman–Crippen MR) is 117 cm³/mol. The fourth-order valence-corrected chi connectivity index (χ4v) is 4.26. The van der Waals surface area contributed by atoms with Gasteiger partial charge in [0, 0.05) is 17.0 Å². The molecular formula is C21H26N6S. The average molecular weight is 395 g/mol. The number of hydrazone groups is 1. The maximum atomic E-state index is 6.40. The summed E-state index contributed by atoms with van der Waals surface area (Å²) in [6, 6.07) is 14.8. The zero-order chi connectivity index (χ0) is 19.7. The number of nitrogens with zero attached hydrogens (tertiary/aromatic N) is 3. The topological polar surface area (TPSA) is 96.3 Å². The number of hydrogen-bond acceptors (Lipinski definition) is 6. The van der Waals surface area contributed by atoms with Crippen molar-refractivity contribution in [3.8, 4) is 0 Å². The molecule has 146 valence electrons. The van der Waals surface area contributed by atoms with Gasteiger partial charge in [0.05, 0.1) is 18.3 Å². The summed E-state index contributed by atoms with van der Waals surface area (Å²) in [5, 5.41) is 15.6. The second kappa shape index (κ2) is 7.95. The van der Waals surface area contributed by atoms with E-state index < -0.39 is 0 Å². The standard InChI is InChI=1S/C21H26N6S/c1-13(2)15-5-3-14(4-6-15)9-18(22)12-27-21(23)28-20(26-27)16-7-8-19-17(10-16)11-24-25-19/h3-8,10-11,13,18,21H,9,12,22-23H2,1-2H3,(H,24,25)/t18-,21?/m1/s1. The Hall–Kier alpha value is -2.35. The lowest BCUT2D eigenvalue weighted by molar-refractivity contribution is 0.261. The lowest BCUT2D eigenvalue weighted by atomic mass is 9.99. The second-order valence-electron chi connectivity index (χ2n) is 7.57. The molecule has 0 saturated heterocycles. The molecule has 7 heteroatoms. The molecule has 1 aliphatic heterocycles. The van der Waals surface area contributed by atoms with E-state index in [9.17, 15) is 0 Å². The molecule has 0 fully saturated rings. The first-order chi connectivity index (χ1) is 13.5. The number of H-pyrrole nitrogens is 1. The third kappa shape index (κ3) is 4.06. The highest BCUT2D eigenvalue weighted by Crippen LogP contribution is 2.28. The maximum Gasteiger partial charge on any atom is 0.147 e. The van der Waals surface area contributed by atoms with Crippen LogP contribution in [0.15, 0.2) is 53.8 Å². The Kier molecular flexibility index (Phi) is 5.39. The Balaban J connectivity index is 1.42. The molecule has 1 unspecified atom stereocenters. The van der Waals surface area contributed by atoms with E-state index in [-0.39, 0.29) is 11.5 Å². The molecule has 2 heterocycles. The van der Waals surface area contributed by atoms with Gasteiger partial charge in [-0.3, -0.25) is 10.1 Å². The average Bonchev–Trinajstić information content (AvgIpc) is 3.28. The quantitative estimate of drug-likeness (QED) is 0.597. The van der Waals surface area contributed by atoms with Crippen LogP contribution in [0.1, 0.15) is 36.5 Å². The lowest BCUT2D eigenvalue weighted by Crippen LogP contribution is -2.42. The van der Waals surface area contributed by atoms with Crippen LogP contribution in [0.4, 0.5) is 0 Å². The van der Waals surface area contributed by atoms with Crippen molar-refractivity contribution in [2.45, 2.75) is 37.7 Å². The van der Waals surface area contributed by atoms with Gasteiger partial charge in [0.2, 0.25) is 0 Å². The Bertz CT molecular complexity index is 978. The molecule has 4 rings (SSSR count). The number of benzene rings is 2. The number of aromatic nitrogens is 2. The maximum absolute atomic E-state index is 6.40. The van der Waals surface area contributed by atoms with Gasteiger partial charge in [-0.05, 0) is 35.6 Å². The molecule has 0 saturated carbocycles. The van der Waals surface area contributed by atoms with Crippen LogP contribution in [-0.4, -0.2) is 38.3 Å². The minimum absolute atomic E-state index is 0.0315. The summed E-state index contributed by atoms with van der Waals surface area (Å²) in [5.41, 5.74) is 17.1. The SMILES string of the molecule is CC(C)c1ccc(C[C@@H](N)CN2N=C(c3ccc4[nH]ncc4c3)SC2N)cc1. The van der Waals surface area contributed by atoms with Crippen LogP contribution >= 0.6 is 11.8 Å².